The van der Waals surface area contributed by atoms with Crippen molar-refractivity contribution >= 4 is 0 Å². The lowest BCUT2D eigenvalue weighted by Gasteiger charge is -2.19. The van der Waals surface area contributed by atoms with Gasteiger partial charge in [-0.05, 0) is 32.4 Å². The number of hydrogen-bond donors (Lipinski definition) is 1. The minimum absolute atomic E-state index is 0.338. The maximum absolute atomic E-state index is 5.62. The van der Waals surface area contributed by atoms with Crippen molar-refractivity contribution in [2.24, 2.45) is 5.92 Å². The van der Waals surface area contributed by atoms with Crippen LogP contribution in [-0.2, 0) is 0 Å². The molecule has 0 saturated heterocycles. The Morgan fingerprint density at radius 3 is 2.50 bits per heavy atom. The maximum Gasteiger partial charge on any atom is 0.124 e. The standard InChI is InChI=1S/C14H23NO/c1-5-16-14-9-7-6-8-13(14)12(4)15-10-11(2)3/h6-9,11-12,15H,5,10H2,1-4H3/t12-/m0/s1. The Balaban J connectivity index is 2.69. The Hall–Kier alpha value is -1.02. The quantitative estimate of drug-likeness (QED) is 0.795. The Morgan fingerprint density at radius 1 is 1.19 bits per heavy atom. The molecule has 1 atom stereocenters. The molecule has 16 heavy (non-hydrogen) atoms. The molecule has 2 nitrogen and oxygen atoms in total. The van der Waals surface area contributed by atoms with Crippen molar-refractivity contribution in [3.05, 3.63) is 29.8 Å². The monoisotopic (exact) mass is 221 g/mol. The lowest BCUT2D eigenvalue weighted by atomic mass is 10.1. The second kappa shape index (κ2) is 6.54. The summed E-state index contributed by atoms with van der Waals surface area (Å²) in [5, 5.41) is 3.52. The SMILES string of the molecule is CCOc1ccccc1[C@H](C)NCC(C)C. The molecule has 0 aliphatic carbocycles. The van der Waals surface area contributed by atoms with Crippen LogP contribution in [0.1, 0.15) is 39.3 Å². The molecule has 0 heterocycles. The minimum Gasteiger partial charge on any atom is -0.494 e. The normalized spacial score (nSPS) is 12.8. The fourth-order valence-electron chi connectivity index (χ4n) is 1.65. The van der Waals surface area contributed by atoms with E-state index >= 15 is 0 Å². The first-order valence-electron chi connectivity index (χ1n) is 6.10. The summed E-state index contributed by atoms with van der Waals surface area (Å²) in [7, 11) is 0. The summed E-state index contributed by atoms with van der Waals surface area (Å²) in [6.07, 6.45) is 0. The van der Waals surface area contributed by atoms with E-state index in [-0.39, 0.29) is 0 Å². The van der Waals surface area contributed by atoms with Gasteiger partial charge in [-0.3, -0.25) is 0 Å². The highest BCUT2D eigenvalue weighted by molar-refractivity contribution is 5.35. The van der Waals surface area contributed by atoms with Crippen LogP contribution in [0.4, 0.5) is 0 Å². The molecular formula is C14H23NO. The van der Waals surface area contributed by atoms with Gasteiger partial charge in [-0.15, -0.1) is 0 Å². The van der Waals surface area contributed by atoms with Crippen molar-refractivity contribution in [2.45, 2.75) is 33.7 Å². The van der Waals surface area contributed by atoms with Crippen LogP contribution in [0.2, 0.25) is 0 Å². The highest BCUT2D eigenvalue weighted by Gasteiger charge is 2.10. The summed E-state index contributed by atoms with van der Waals surface area (Å²) in [5.41, 5.74) is 1.24. The summed E-state index contributed by atoms with van der Waals surface area (Å²) in [6.45, 7) is 10.4. The molecule has 0 amide bonds. The first-order valence-corrected chi connectivity index (χ1v) is 6.10. The van der Waals surface area contributed by atoms with Crippen LogP contribution in [0.15, 0.2) is 24.3 Å². The molecule has 1 aromatic carbocycles. The molecule has 0 radical (unpaired) electrons. The van der Waals surface area contributed by atoms with E-state index in [1.165, 1.54) is 5.56 Å². The van der Waals surface area contributed by atoms with Gasteiger partial charge in [-0.1, -0.05) is 32.0 Å². The van der Waals surface area contributed by atoms with Crippen LogP contribution in [-0.4, -0.2) is 13.2 Å². The van der Waals surface area contributed by atoms with Crippen molar-refractivity contribution < 1.29 is 4.74 Å². The van der Waals surface area contributed by atoms with Gasteiger partial charge in [0.25, 0.3) is 0 Å². The first-order chi connectivity index (χ1) is 7.65. The van der Waals surface area contributed by atoms with Gasteiger partial charge in [-0.2, -0.15) is 0 Å². The van der Waals surface area contributed by atoms with E-state index in [0.29, 0.717) is 18.6 Å². The molecule has 1 N–H and O–H groups in total. The first kappa shape index (κ1) is 13.0. The third-order valence-corrected chi connectivity index (χ3v) is 2.52. The van der Waals surface area contributed by atoms with E-state index in [2.05, 4.69) is 38.2 Å². The Labute approximate surface area is 99.0 Å². The molecule has 0 spiro atoms. The van der Waals surface area contributed by atoms with Crippen molar-refractivity contribution in [3.8, 4) is 5.75 Å². The fourth-order valence-corrected chi connectivity index (χ4v) is 1.65. The predicted molar refractivity (Wildman–Crippen MR) is 68.9 cm³/mol. The van der Waals surface area contributed by atoms with Crippen molar-refractivity contribution in [1.29, 1.82) is 0 Å². The smallest absolute Gasteiger partial charge is 0.124 e. The average Bonchev–Trinajstić information content (AvgIpc) is 2.27. The topological polar surface area (TPSA) is 21.3 Å². The van der Waals surface area contributed by atoms with Crippen LogP contribution in [0.3, 0.4) is 0 Å². The highest BCUT2D eigenvalue weighted by Crippen LogP contribution is 2.24. The minimum atomic E-state index is 0.338. The van der Waals surface area contributed by atoms with Crippen molar-refractivity contribution in [2.75, 3.05) is 13.2 Å². The van der Waals surface area contributed by atoms with Gasteiger partial charge in [0.15, 0.2) is 0 Å². The maximum atomic E-state index is 5.62. The molecule has 0 aliphatic rings. The zero-order valence-electron chi connectivity index (χ0n) is 10.8. The van der Waals surface area contributed by atoms with Crippen LogP contribution in [0.5, 0.6) is 5.75 Å². The van der Waals surface area contributed by atoms with Crippen molar-refractivity contribution in [3.63, 3.8) is 0 Å². The molecular weight excluding hydrogens is 198 g/mol. The van der Waals surface area contributed by atoms with Crippen LogP contribution < -0.4 is 10.1 Å². The van der Waals surface area contributed by atoms with Gasteiger partial charge in [0, 0.05) is 11.6 Å². The number of ether oxygens (including phenoxy) is 1. The third kappa shape index (κ3) is 3.86. The number of hydrogen-bond acceptors (Lipinski definition) is 2. The van der Waals surface area contributed by atoms with Crippen molar-refractivity contribution in [1.82, 2.24) is 5.32 Å². The summed E-state index contributed by atoms with van der Waals surface area (Å²) in [5.74, 6) is 1.66. The fraction of sp³-hybridized carbons (Fsp3) is 0.571. The predicted octanol–water partition coefficient (Wildman–Crippen LogP) is 3.39. The summed E-state index contributed by atoms with van der Waals surface area (Å²) in [4.78, 5) is 0. The average molecular weight is 221 g/mol. The number of benzene rings is 1. The van der Waals surface area contributed by atoms with E-state index in [4.69, 9.17) is 4.74 Å². The Kier molecular flexibility index (Phi) is 5.33. The second-order valence-corrected chi connectivity index (χ2v) is 4.49. The van der Waals surface area contributed by atoms with E-state index in [0.717, 1.165) is 12.3 Å². The van der Waals surface area contributed by atoms with Gasteiger partial charge < -0.3 is 10.1 Å². The lowest BCUT2D eigenvalue weighted by Crippen LogP contribution is -2.23. The largest absolute Gasteiger partial charge is 0.494 e. The summed E-state index contributed by atoms with van der Waals surface area (Å²) in [6, 6.07) is 8.58. The Bertz CT molecular complexity index is 309. The molecule has 0 bridgehead atoms. The third-order valence-electron chi connectivity index (χ3n) is 2.52. The molecule has 0 aliphatic heterocycles. The number of rotatable bonds is 6. The molecule has 2 heteroatoms. The molecule has 90 valence electrons. The number of nitrogens with one attached hydrogen (secondary N) is 1. The highest BCUT2D eigenvalue weighted by atomic mass is 16.5. The summed E-state index contributed by atoms with van der Waals surface area (Å²) >= 11 is 0. The van der Waals surface area contributed by atoms with E-state index in [1.807, 2.05) is 19.1 Å². The molecule has 1 rings (SSSR count). The van der Waals surface area contributed by atoms with E-state index < -0.39 is 0 Å². The zero-order chi connectivity index (χ0) is 12.0. The summed E-state index contributed by atoms with van der Waals surface area (Å²) < 4.78 is 5.62. The van der Waals surface area contributed by atoms with Crippen LogP contribution >= 0.6 is 0 Å². The molecule has 0 saturated carbocycles. The van der Waals surface area contributed by atoms with E-state index in [9.17, 15) is 0 Å². The van der Waals surface area contributed by atoms with Gasteiger partial charge in [0.2, 0.25) is 0 Å². The van der Waals surface area contributed by atoms with Gasteiger partial charge in [-0.25, -0.2) is 0 Å². The van der Waals surface area contributed by atoms with Gasteiger partial charge in [0.1, 0.15) is 5.75 Å². The number of para-hydroxylation sites is 1. The molecule has 1 aromatic rings. The van der Waals surface area contributed by atoms with Gasteiger partial charge in [0.05, 0.1) is 6.61 Å². The van der Waals surface area contributed by atoms with Crippen LogP contribution in [0.25, 0.3) is 0 Å². The molecule has 0 aromatic heterocycles. The van der Waals surface area contributed by atoms with E-state index in [1.54, 1.807) is 0 Å². The van der Waals surface area contributed by atoms with Crippen LogP contribution in [0, 0.1) is 5.92 Å². The Morgan fingerprint density at radius 2 is 1.88 bits per heavy atom. The second-order valence-electron chi connectivity index (χ2n) is 4.49. The zero-order valence-corrected chi connectivity index (χ0v) is 10.8. The van der Waals surface area contributed by atoms with Gasteiger partial charge >= 0.3 is 0 Å². The molecule has 0 unspecified atom stereocenters. The lowest BCUT2D eigenvalue weighted by molar-refractivity contribution is 0.331. The molecule has 0 fully saturated rings.